The SMILES string of the molecule is c1ccc(COC[C@H]2CC(SCc3ccccc3)S[C@@H]2COCc2ccccc2)cc1. The Morgan fingerprint density at radius 1 is 0.677 bits per heavy atom. The first-order valence-electron chi connectivity index (χ1n) is 10.9. The van der Waals surface area contributed by atoms with Crippen molar-refractivity contribution in [1.82, 2.24) is 0 Å². The van der Waals surface area contributed by atoms with Gasteiger partial charge in [-0.05, 0) is 29.0 Å². The van der Waals surface area contributed by atoms with Crippen LogP contribution in [0.5, 0.6) is 0 Å². The predicted octanol–water partition coefficient (Wildman–Crippen LogP) is 6.80. The molecule has 0 aromatic heterocycles. The van der Waals surface area contributed by atoms with Crippen molar-refractivity contribution in [1.29, 1.82) is 0 Å². The lowest BCUT2D eigenvalue weighted by Gasteiger charge is -2.19. The molecule has 4 heteroatoms. The van der Waals surface area contributed by atoms with E-state index in [1.807, 2.05) is 12.1 Å². The molecule has 0 N–H and O–H groups in total. The number of thioether (sulfide) groups is 2. The van der Waals surface area contributed by atoms with E-state index in [9.17, 15) is 0 Å². The fraction of sp³-hybridized carbons (Fsp3) is 0.333. The molecule has 0 radical (unpaired) electrons. The van der Waals surface area contributed by atoms with Gasteiger partial charge in [0.15, 0.2) is 0 Å². The van der Waals surface area contributed by atoms with Crippen molar-refractivity contribution in [2.75, 3.05) is 13.2 Å². The Morgan fingerprint density at radius 3 is 1.77 bits per heavy atom. The Morgan fingerprint density at radius 2 is 1.19 bits per heavy atom. The Bertz CT molecular complexity index is 820. The molecule has 162 valence electrons. The second-order valence-corrected chi connectivity index (χ2v) is 10.8. The molecule has 0 aliphatic carbocycles. The van der Waals surface area contributed by atoms with Crippen LogP contribution in [0.2, 0.25) is 0 Å². The third-order valence-electron chi connectivity index (χ3n) is 5.46. The molecule has 0 saturated carbocycles. The average molecular weight is 451 g/mol. The van der Waals surface area contributed by atoms with Crippen molar-refractivity contribution < 1.29 is 9.47 Å². The van der Waals surface area contributed by atoms with E-state index in [0.29, 0.717) is 29.0 Å². The molecule has 0 bridgehead atoms. The van der Waals surface area contributed by atoms with Crippen molar-refractivity contribution in [2.24, 2.45) is 5.92 Å². The van der Waals surface area contributed by atoms with Crippen LogP contribution in [0.4, 0.5) is 0 Å². The maximum atomic E-state index is 6.13. The zero-order valence-corrected chi connectivity index (χ0v) is 19.4. The zero-order valence-electron chi connectivity index (χ0n) is 17.8. The van der Waals surface area contributed by atoms with E-state index in [1.165, 1.54) is 23.1 Å². The van der Waals surface area contributed by atoms with E-state index in [0.717, 1.165) is 19.0 Å². The molecular weight excluding hydrogens is 420 g/mol. The molecule has 2 nitrogen and oxygen atoms in total. The van der Waals surface area contributed by atoms with E-state index in [-0.39, 0.29) is 0 Å². The first-order chi connectivity index (χ1) is 15.4. The number of ether oxygens (including phenoxy) is 2. The van der Waals surface area contributed by atoms with Gasteiger partial charge in [-0.2, -0.15) is 0 Å². The van der Waals surface area contributed by atoms with Gasteiger partial charge in [0.1, 0.15) is 0 Å². The molecule has 4 rings (SSSR count). The number of benzene rings is 3. The van der Waals surface area contributed by atoms with Crippen molar-refractivity contribution in [3.8, 4) is 0 Å². The third-order valence-corrected chi connectivity index (χ3v) is 8.64. The zero-order chi connectivity index (χ0) is 21.1. The van der Waals surface area contributed by atoms with Crippen LogP contribution >= 0.6 is 23.5 Å². The summed E-state index contributed by atoms with van der Waals surface area (Å²) < 4.78 is 12.8. The van der Waals surface area contributed by atoms with Crippen LogP contribution in [0.1, 0.15) is 23.1 Å². The van der Waals surface area contributed by atoms with Gasteiger partial charge in [0.2, 0.25) is 0 Å². The summed E-state index contributed by atoms with van der Waals surface area (Å²) in [5.74, 6) is 1.59. The van der Waals surface area contributed by atoms with Gasteiger partial charge in [0.25, 0.3) is 0 Å². The highest BCUT2D eigenvalue weighted by Crippen LogP contribution is 2.45. The van der Waals surface area contributed by atoms with E-state index in [1.54, 1.807) is 0 Å². The van der Waals surface area contributed by atoms with Gasteiger partial charge in [0.05, 0.1) is 31.0 Å². The van der Waals surface area contributed by atoms with Gasteiger partial charge >= 0.3 is 0 Å². The summed E-state index contributed by atoms with van der Waals surface area (Å²) in [6.07, 6.45) is 1.18. The molecule has 1 aliphatic heterocycles. The summed E-state index contributed by atoms with van der Waals surface area (Å²) in [5.41, 5.74) is 3.87. The van der Waals surface area contributed by atoms with Crippen LogP contribution < -0.4 is 0 Å². The van der Waals surface area contributed by atoms with Gasteiger partial charge < -0.3 is 9.47 Å². The Hall–Kier alpha value is -1.72. The fourth-order valence-corrected chi connectivity index (χ4v) is 6.99. The number of hydrogen-bond donors (Lipinski definition) is 0. The maximum absolute atomic E-state index is 6.13. The van der Waals surface area contributed by atoms with Gasteiger partial charge in [-0.1, -0.05) is 91.0 Å². The third kappa shape index (κ3) is 7.43. The molecule has 1 heterocycles. The summed E-state index contributed by atoms with van der Waals surface area (Å²) in [6.45, 7) is 2.93. The second-order valence-electron chi connectivity index (χ2n) is 7.90. The van der Waals surface area contributed by atoms with Crippen molar-refractivity contribution in [3.05, 3.63) is 108 Å². The topological polar surface area (TPSA) is 18.5 Å². The molecule has 0 amide bonds. The highest BCUT2D eigenvalue weighted by molar-refractivity contribution is 8.17. The monoisotopic (exact) mass is 450 g/mol. The second kappa shape index (κ2) is 12.4. The highest BCUT2D eigenvalue weighted by atomic mass is 32.2. The average Bonchev–Trinajstić information content (AvgIpc) is 3.21. The molecule has 31 heavy (non-hydrogen) atoms. The molecule has 0 spiro atoms. The summed E-state index contributed by atoms with van der Waals surface area (Å²) >= 11 is 4.13. The normalized spacial score (nSPS) is 20.7. The van der Waals surface area contributed by atoms with Gasteiger partial charge in [-0.15, -0.1) is 23.5 Å². The number of hydrogen-bond acceptors (Lipinski definition) is 4. The lowest BCUT2D eigenvalue weighted by molar-refractivity contribution is 0.0640. The lowest BCUT2D eigenvalue weighted by Crippen LogP contribution is -2.22. The Kier molecular flexibility index (Phi) is 8.95. The van der Waals surface area contributed by atoms with Crippen LogP contribution in [0, 0.1) is 5.92 Å². The molecular formula is C27H30O2S2. The molecule has 1 unspecified atom stereocenters. The van der Waals surface area contributed by atoms with E-state index < -0.39 is 0 Å². The maximum Gasteiger partial charge on any atom is 0.0717 e. The summed E-state index contributed by atoms with van der Waals surface area (Å²) in [4.78, 5) is 0. The summed E-state index contributed by atoms with van der Waals surface area (Å²) in [7, 11) is 0. The molecule has 1 saturated heterocycles. The first kappa shape index (κ1) is 22.5. The highest BCUT2D eigenvalue weighted by Gasteiger charge is 2.35. The van der Waals surface area contributed by atoms with E-state index in [2.05, 4.69) is 102 Å². The van der Waals surface area contributed by atoms with Gasteiger partial charge in [-0.3, -0.25) is 0 Å². The van der Waals surface area contributed by atoms with Gasteiger partial charge in [-0.25, -0.2) is 0 Å². The van der Waals surface area contributed by atoms with E-state index >= 15 is 0 Å². The van der Waals surface area contributed by atoms with Crippen LogP contribution in [0.3, 0.4) is 0 Å². The van der Waals surface area contributed by atoms with Crippen LogP contribution in [-0.2, 0) is 28.4 Å². The van der Waals surface area contributed by atoms with Crippen LogP contribution in [0.15, 0.2) is 91.0 Å². The fourth-order valence-electron chi connectivity index (χ4n) is 3.75. The molecule has 1 fully saturated rings. The quantitative estimate of drug-likeness (QED) is 0.320. The smallest absolute Gasteiger partial charge is 0.0717 e. The Balaban J connectivity index is 1.28. The minimum Gasteiger partial charge on any atom is -0.376 e. The Labute approximate surface area is 194 Å². The minimum atomic E-state index is 0.479. The largest absolute Gasteiger partial charge is 0.376 e. The molecule has 1 aliphatic rings. The summed E-state index contributed by atoms with van der Waals surface area (Å²) in [6, 6.07) is 31.6. The van der Waals surface area contributed by atoms with Crippen molar-refractivity contribution in [3.63, 3.8) is 0 Å². The van der Waals surface area contributed by atoms with Gasteiger partial charge in [0, 0.05) is 11.0 Å². The van der Waals surface area contributed by atoms with Crippen LogP contribution in [-0.4, -0.2) is 23.0 Å². The standard InChI is InChI=1S/C27H30O2S2/c1-4-10-22(11-5-1)17-28-19-25-16-27(30-21-24-14-8-3-9-15-24)31-26(25)20-29-18-23-12-6-2-7-13-23/h1-15,25-27H,16-21H2/t25-,26-,27?/m1/s1. The van der Waals surface area contributed by atoms with Crippen LogP contribution in [0.25, 0.3) is 0 Å². The first-order valence-corrected chi connectivity index (χ1v) is 12.9. The molecule has 3 aromatic carbocycles. The van der Waals surface area contributed by atoms with Crippen molar-refractivity contribution in [2.45, 2.75) is 35.2 Å². The molecule has 3 aromatic rings. The predicted molar refractivity (Wildman–Crippen MR) is 133 cm³/mol. The van der Waals surface area contributed by atoms with Crippen molar-refractivity contribution >= 4 is 23.5 Å². The number of rotatable bonds is 11. The van der Waals surface area contributed by atoms with E-state index in [4.69, 9.17) is 9.47 Å². The minimum absolute atomic E-state index is 0.479. The lowest BCUT2D eigenvalue weighted by atomic mass is 10.0. The molecule has 3 atom stereocenters. The summed E-state index contributed by atoms with van der Waals surface area (Å²) in [5, 5.41) is 0.479.